The number of nitrogens with two attached hydrogens (primary N) is 1. The Labute approximate surface area is 133 Å². The number of benzene rings is 1. The molecule has 0 radical (unpaired) electrons. The van der Waals surface area contributed by atoms with Gasteiger partial charge < -0.3 is 15.8 Å². The zero-order valence-electron chi connectivity index (χ0n) is 13.9. The van der Waals surface area contributed by atoms with Gasteiger partial charge in [0.1, 0.15) is 5.75 Å². The third kappa shape index (κ3) is 3.80. The second kappa shape index (κ2) is 7.14. The van der Waals surface area contributed by atoms with Crippen molar-refractivity contribution in [3.05, 3.63) is 29.8 Å². The fourth-order valence-corrected chi connectivity index (χ4v) is 3.31. The van der Waals surface area contributed by atoms with Crippen LogP contribution in [-0.2, 0) is 4.79 Å². The van der Waals surface area contributed by atoms with Crippen LogP contribution in [0.1, 0.15) is 58.1 Å². The van der Waals surface area contributed by atoms with Crippen molar-refractivity contribution in [3.63, 3.8) is 0 Å². The highest BCUT2D eigenvalue weighted by Crippen LogP contribution is 2.33. The Hall–Kier alpha value is -1.55. The lowest BCUT2D eigenvalue weighted by atomic mass is 9.74. The number of nitrogens with one attached hydrogen (secondary N) is 1. The monoisotopic (exact) mass is 304 g/mol. The van der Waals surface area contributed by atoms with Crippen LogP contribution >= 0.6 is 0 Å². The predicted octanol–water partition coefficient (Wildman–Crippen LogP) is 3.17. The molecule has 1 aromatic carbocycles. The van der Waals surface area contributed by atoms with E-state index < -0.39 is 5.54 Å². The zero-order chi connectivity index (χ0) is 16.2. The Kier molecular flexibility index (Phi) is 5.46. The van der Waals surface area contributed by atoms with Gasteiger partial charge in [-0.1, -0.05) is 31.0 Å². The molecular weight excluding hydrogens is 276 g/mol. The van der Waals surface area contributed by atoms with Crippen molar-refractivity contribution >= 4 is 5.91 Å². The van der Waals surface area contributed by atoms with E-state index in [0.717, 1.165) is 37.0 Å². The van der Waals surface area contributed by atoms with Crippen LogP contribution in [0.2, 0.25) is 0 Å². The molecule has 122 valence electrons. The molecule has 1 amide bonds. The lowest BCUT2D eigenvalue weighted by Gasteiger charge is -2.37. The number of carbonyl (C=O) groups excluding carboxylic acids is 1. The van der Waals surface area contributed by atoms with Crippen LogP contribution in [0, 0.1) is 5.92 Å². The number of hydrogen-bond acceptors (Lipinski definition) is 3. The summed E-state index contributed by atoms with van der Waals surface area (Å²) in [6.07, 6.45) is 3.97. The number of carbonyl (C=O) groups is 1. The van der Waals surface area contributed by atoms with Gasteiger partial charge in [-0.2, -0.15) is 0 Å². The third-order valence-corrected chi connectivity index (χ3v) is 4.61. The molecule has 0 heterocycles. The summed E-state index contributed by atoms with van der Waals surface area (Å²) in [5.41, 5.74) is 6.93. The first kappa shape index (κ1) is 16.8. The lowest BCUT2D eigenvalue weighted by molar-refractivity contribution is -0.128. The van der Waals surface area contributed by atoms with Crippen LogP contribution in [0.25, 0.3) is 0 Å². The molecule has 4 nitrogen and oxygen atoms in total. The Bertz CT molecular complexity index is 514. The fourth-order valence-electron chi connectivity index (χ4n) is 3.31. The van der Waals surface area contributed by atoms with E-state index in [1.54, 1.807) is 0 Å². The zero-order valence-corrected chi connectivity index (χ0v) is 13.9. The minimum atomic E-state index is -0.401. The molecule has 1 aliphatic carbocycles. The molecule has 1 aliphatic rings. The summed E-state index contributed by atoms with van der Waals surface area (Å²) in [6, 6.07) is 7.76. The van der Waals surface area contributed by atoms with Crippen molar-refractivity contribution in [2.24, 2.45) is 11.7 Å². The molecule has 0 spiro atoms. The molecule has 0 aromatic heterocycles. The predicted molar refractivity (Wildman–Crippen MR) is 88.7 cm³/mol. The molecule has 1 saturated carbocycles. The van der Waals surface area contributed by atoms with Crippen LogP contribution in [0.3, 0.4) is 0 Å². The van der Waals surface area contributed by atoms with Gasteiger partial charge in [-0.15, -0.1) is 0 Å². The maximum absolute atomic E-state index is 12.6. The molecule has 0 saturated heterocycles. The van der Waals surface area contributed by atoms with E-state index in [2.05, 4.69) is 5.32 Å². The summed E-state index contributed by atoms with van der Waals surface area (Å²) in [4.78, 5) is 12.6. The SMILES string of the molecule is CCOc1ccccc1C(C)NC(=O)C1CCCCC1(C)N. The van der Waals surface area contributed by atoms with Gasteiger partial charge in [0.05, 0.1) is 18.6 Å². The average Bonchev–Trinajstić information content (AvgIpc) is 2.47. The first-order chi connectivity index (χ1) is 10.5. The van der Waals surface area contributed by atoms with Gasteiger partial charge in [0, 0.05) is 11.1 Å². The molecule has 3 unspecified atom stereocenters. The number of ether oxygens (including phenoxy) is 1. The minimum absolute atomic E-state index is 0.0588. The molecule has 3 atom stereocenters. The summed E-state index contributed by atoms with van der Waals surface area (Å²) in [5, 5.41) is 3.12. The van der Waals surface area contributed by atoms with E-state index in [1.165, 1.54) is 0 Å². The van der Waals surface area contributed by atoms with Crippen LogP contribution in [0.5, 0.6) is 5.75 Å². The van der Waals surface area contributed by atoms with Gasteiger partial charge in [-0.3, -0.25) is 4.79 Å². The quantitative estimate of drug-likeness (QED) is 0.878. The lowest BCUT2D eigenvalue weighted by Crippen LogP contribution is -2.53. The van der Waals surface area contributed by atoms with Crippen LogP contribution in [-0.4, -0.2) is 18.1 Å². The number of rotatable bonds is 5. The van der Waals surface area contributed by atoms with E-state index in [9.17, 15) is 4.79 Å². The average molecular weight is 304 g/mol. The highest BCUT2D eigenvalue weighted by atomic mass is 16.5. The van der Waals surface area contributed by atoms with Crippen molar-refractivity contribution in [1.82, 2.24) is 5.32 Å². The van der Waals surface area contributed by atoms with Gasteiger partial charge in [0.25, 0.3) is 0 Å². The molecule has 1 fully saturated rings. The van der Waals surface area contributed by atoms with Gasteiger partial charge in [0.15, 0.2) is 0 Å². The number of para-hydroxylation sites is 1. The second-order valence-electron chi connectivity index (χ2n) is 6.51. The van der Waals surface area contributed by atoms with E-state index in [-0.39, 0.29) is 17.9 Å². The first-order valence-electron chi connectivity index (χ1n) is 8.26. The normalized spacial score (nSPS) is 26.3. The van der Waals surface area contributed by atoms with Gasteiger partial charge >= 0.3 is 0 Å². The minimum Gasteiger partial charge on any atom is -0.494 e. The van der Waals surface area contributed by atoms with Crippen molar-refractivity contribution in [2.75, 3.05) is 6.61 Å². The molecule has 1 aromatic rings. The standard InChI is InChI=1S/C18H28N2O2/c1-4-22-16-11-6-5-9-14(16)13(2)20-17(21)15-10-7-8-12-18(15,3)19/h5-6,9,11,13,15H,4,7-8,10,12,19H2,1-3H3,(H,20,21). The van der Waals surface area contributed by atoms with Crippen molar-refractivity contribution in [3.8, 4) is 5.75 Å². The topological polar surface area (TPSA) is 64.3 Å². The van der Waals surface area contributed by atoms with Crippen LogP contribution < -0.4 is 15.8 Å². The maximum atomic E-state index is 12.6. The van der Waals surface area contributed by atoms with E-state index in [1.807, 2.05) is 45.0 Å². The van der Waals surface area contributed by atoms with Crippen molar-refractivity contribution < 1.29 is 9.53 Å². The number of amides is 1. The van der Waals surface area contributed by atoms with Crippen LogP contribution in [0.4, 0.5) is 0 Å². The Balaban J connectivity index is 2.08. The Morgan fingerprint density at radius 2 is 2.18 bits per heavy atom. The highest BCUT2D eigenvalue weighted by Gasteiger charge is 2.38. The fraction of sp³-hybridized carbons (Fsp3) is 0.611. The van der Waals surface area contributed by atoms with Crippen molar-refractivity contribution in [1.29, 1.82) is 0 Å². The molecule has 3 N–H and O–H groups in total. The third-order valence-electron chi connectivity index (χ3n) is 4.61. The van der Waals surface area contributed by atoms with E-state index in [4.69, 9.17) is 10.5 Å². The maximum Gasteiger partial charge on any atom is 0.225 e. The molecule has 4 heteroatoms. The first-order valence-corrected chi connectivity index (χ1v) is 8.26. The molecule has 22 heavy (non-hydrogen) atoms. The summed E-state index contributed by atoms with van der Waals surface area (Å²) in [5.74, 6) is 0.781. The summed E-state index contributed by atoms with van der Waals surface area (Å²) < 4.78 is 5.65. The Morgan fingerprint density at radius 1 is 1.45 bits per heavy atom. The molecule has 0 bridgehead atoms. The summed E-state index contributed by atoms with van der Waals surface area (Å²) in [6.45, 7) is 6.56. The van der Waals surface area contributed by atoms with Gasteiger partial charge in [-0.25, -0.2) is 0 Å². The van der Waals surface area contributed by atoms with Crippen molar-refractivity contribution in [2.45, 2.75) is 58.0 Å². The van der Waals surface area contributed by atoms with E-state index in [0.29, 0.717) is 6.61 Å². The number of hydrogen-bond donors (Lipinski definition) is 2. The van der Waals surface area contributed by atoms with Crippen LogP contribution in [0.15, 0.2) is 24.3 Å². The molecule has 0 aliphatic heterocycles. The second-order valence-corrected chi connectivity index (χ2v) is 6.51. The molecule has 2 rings (SSSR count). The summed E-state index contributed by atoms with van der Waals surface area (Å²) >= 11 is 0. The van der Waals surface area contributed by atoms with E-state index >= 15 is 0 Å². The smallest absolute Gasteiger partial charge is 0.225 e. The largest absolute Gasteiger partial charge is 0.494 e. The Morgan fingerprint density at radius 3 is 2.86 bits per heavy atom. The van der Waals surface area contributed by atoms with Gasteiger partial charge in [0.2, 0.25) is 5.91 Å². The molecular formula is C18H28N2O2. The summed E-state index contributed by atoms with van der Waals surface area (Å²) in [7, 11) is 0. The van der Waals surface area contributed by atoms with Gasteiger partial charge in [-0.05, 0) is 39.7 Å². The highest BCUT2D eigenvalue weighted by molar-refractivity contribution is 5.80.